The van der Waals surface area contributed by atoms with E-state index in [0.29, 0.717) is 10.9 Å². The van der Waals surface area contributed by atoms with Gasteiger partial charge in [-0.25, -0.2) is 0 Å². The minimum absolute atomic E-state index is 0.187. The lowest BCUT2D eigenvalue weighted by molar-refractivity contribution is 0.156. The van der Waals surface area contributed by atoms with Crippen molar-refractivity contribution in [2.75, 3.05) is 13.1 Å². The molecule has 1 fully saturated rings. The number of rotatable bonds is 3. The maximum absolute atomic E-state index is 6.04. The summed E-state index contributed by atoms with van der Waals surface area (Å²) in [5, 5.41) is 4.17. The third-order valence-electron chi connectivity index (χ3n) is 3.68. The topological polar surface area (TPSA) is 21.3 Å². The Balaban J connectivity index is 1.66. The fourth-order valence-electron chi connectivity index (χ4n) is 2.70. The number of hydrogen-bond acceptors (Lipinski definition) is 2. The van der Waals surface area contributed by atoms with Crippen molar-refractivity contribution in [2.24, 2.45) is 0 Å². The predicted octanol–water partition coefficient (Wildman–Crippen LogP) is 3.86. The standard InChI is InChI=1S/C17H18ClNO/c18-15-7-4-8-16(10-15)20-17-9-14(11-19-12-17)13-5-2-1-3-6-13/h1-8,10,14,17,19H,9,11-12H2. The van der Waals surface area contributed by atoms with Crippen molar-refractivity contribution in [3.8, 4) is 5.75 Å². The lowest BCUT2D eigenvalue weighted by Crippen LogP contribution is -2.41. The lowest BCUT2D eigenvalue weighted by atomic mass is 9.90. The Kier molecular flexibility index (Phi) is 4.24. The third kappa shape index (κ3) is 3.33. The summed E-state index contributed by atoms with van der Waals surface area (Å²) < 4.78 is 6.04. The molecule has 2 unspecified atom stereocenters. The third-order valence-corrected chi connectivity index (χ3v) is 3.92. The molecular formula is C17H18ClNO. The van der Waals surface area contributed by atoms with Crippen molar-refractivity contribution < 1.29 is 4.74 Å². The van der Waals surface area contributed by atoms with Gasteiger partial charge in [0.15, 0.2) is 0 Å². The van der Waals surface area contributed by atoms with Crippen LogP contribution in [0, 0.1) is 0 Å². The van der Waals surface area contributed by atoms with Gasteiger partial charge in [0.1, 0.15) is 11.9 Å². The number of ether oxygens (including phenoxy) is 1. The molecule has 1 aliphatic rings. The molecule has 1 heterocycles. The van der Waals surface area contributed by atoms with Crippen LogP contribution in [0.1, 0.15) is 17.9 Å². The van der Waals surface area contributed by atoms with E-state index in [1.165, 1.54) is 5.56 Å². The van der Waals surface area contributed by atoms with Gasteiger partial charge in [0.25, 0.3) is 0 Å². The number of hydrogen-bond donors (Lipinski definition) is 1. The molecular weight excluding hydrogens is 270 g/mol. The maximum atomic E-state index is 6.04. The van der Waals surface area contributed by atoms with E-state index in [0.717, 1.165) is 25.3 Å². The van der Waals surface area contributed by atoms with Crippen LogP contribution >= 0.6 is 11.6 Å². The first-order chi connectivity index (χ1) is 9.81. The van der Waals surface area contributed by atoms with Crippen molar-refractivity contribution in [3.63, 3.8) is 0 Å². The summed E-state index contributed by atoms with van der Waals surface area (Å²) >= 11 is 5.99. The fraction of sp³-hybridized carbons (Fsp3) is 0.294. The highest BCUT2D eigenvalue weighted by Gasteiger charge is 2.24. The number of benzene rings is 2. The Bertz CT molecular complexity index is 558. The molecule has 0 spiro atoms. The first-order valence-corrected chi connectivity index (χ1v) is 7.37. The smallest absolute Gasteiger partial charge is 0.121 e. The zero-order chi connectivity index (χ0) is 13.8. The van der Waals surface area contributed by atoms with Crippen LogP contribution in [0.25, 0.3) is 0 Å². The minimum atomic E-state index is 0.187. The first-order valence-electron chi connectivity index (χ1n) is 6.99. The molecule has 2 atom stereocenters. The van der Waals surface area contributed by atoms with E-state index in [-0.39, 0.29) is 6.10 Å². The largest absolute Gasteiger partial charge is 0.489 e. The van der Waals surface area contributed by atoms with Crippen LogP contribution in [0.2, 0.25) is 5.02 Å². The van der Waals surface area contributed by atoms with Gasteiger partial charge in [0, 0.05) is 18.1 Å². The molecule has 2 aromatic carbocycles. The van der Waals surface area contributed by atoms with Crippen LogP contribution in [0.5, 0.6) is 5.75 Å². The Labute approximate surface area is 124 Å². The van der Waals surface area contributed by atoms with Crippen molar-refractivity contribution in [1.82, 2.24) is 5.32 Å². The Hall–Kier alpha value is -1.51. The molecule has 1 aliphatic heterocycles. The number of piperidine rings is 1. The highest BCUT2D eigenvalue weighted by molar-refractivity contribution is 6.30. The molecule has 1 saturated heterocycles. The highest BCUT2D eigenvalue weighted by atomic mass is 35.5. The monoisotopic (exact) mass is 287 g/mol. The summed E-state index contributed by atoms with van der Waals surface area (Å²) in [7, 11) is 0. The fourth-order valence-corrected chi connectivity index (χ4v) is 2.88. The average Bonchev–Trinajstić information content (AvgIpc) is 2.48. The van der Waals surface area contributed by atoms with E-state index in [4.69, 9.17) is 16.3 Å². The summed E-state index contributed by atoms with van der Waals surface area (Å²) in [6.07, 6.45) is 1.22. The molecule has 0 radical (unpaired) electrons. The van der Waals surface area contributed by atoms with Gasteiger partial charge in [-0.2, -0.15) is 0 Å². The van der Waals surface area contributed by atoms with E-state index in [2.05, 4.69) is 35.6 Å². The van der Waals surface area contributed by atoms with Crippen LogP contribution in [-0.4, -0.2) is 19.2 Å². The summed E-state index contributed by atoms with van der Waals surface area (Å²) in [4.78, 5) is 0. The van der Waals surface area contributed by atoms with Crippen LogP contribution in [0.4, 0.5) is 0 Å². The average molecular weight is 288 g/mol. The zero-order valence-corrected chi connectivity index (χ0v) is 12.0. The first kappa shape index (κ1) is 13.5. The van der Waals surface area contributed by atoms with E-state index >= 15 is 0 Å². The Morgan fingerprint density at radius 2 is 1.85 bits per heavy atom. The van der Waals surface area contributed by atoms with Gasteiger partial charge in [0.2, 0.25) is 0 Å². The van der Waals surface area contributed by atoms with E-state index < -0.39 is 0 Å². The molecule has 0 aliphatic carbocycles. The SMILES string of the molecule is Clc1cccc(OC2CNCC(c3ccccc3)C2)c1. The van der Waals surface area contributed by atoms with Crippen LogP contribution < -0.4 is 10.1 Å². The van der Waals surface area contributed by atoms with Gasteiger partial charge < -0.3 is 10.1 Å². The van der Waals surface area contributed by atoms with Crippen molar-refractivity contribution >= 4 is 11.6 Å². The predicted molar refractivity (Wildman–Crippen MR) is 82.5 cm³/mol. The lowest BCUT2D eigenvalue weighted by Gasteiger charge is -2.30. The summed E-state index contributed by atoms with van der Waals surface area (Å²) in [5.74, 6) is 1.35. The van der Waals surface area contributed by atoms with E-state index in [9.17, 15) is 0 Å². The van der Waals surface area contributed by atoms with Gasteiger partial charge in [0.05, 0.1) is 0 Å². The van der Waals surface area contributed by atoms with Crippen molar-refractivity contribution in [3.05, 3.63) is 65.2 Å². The summed E-state index contributed by atoms with van der Waals surface area (Å²) in [5.41, 5.74) is 1.37. The summed E-state index contributed by atoms with van der Waals surface area (Å²) in [6, 6.07) is 18.2. The van der Waals surface area contributed by atoms with Gasteiger partial charge in [-0.1, -0.05) is 48.0 Å². The summed E-state index contributed by atoms with van der Waals surface area (Å²) in [6.45, 7) is 1.90. The van der Waals surface area contributed by atoms with Gasteiger partial charge in [-0.05, 0) is 36.1 Å². The second-order valence-electron chi connectivity index (χ2n) is 5.20. The molecule has 3 rings (SSSR count). The molecule has 3 heteroatoms. The quantitative estimate of drug-likeness (QED) is 0.925. The molecule has 0 bridgehead atoms. The van der Waals surface area contributed by atoms with E-state index in [1.807, 2.05) is 24.3 Å². The van der Waals surface area contributed by atoms with Gasteiger partial charge in [-0.3, -0.25) is 0 Å². The second kappa shape index (κ2) is 6.29. The van der Waals surface area contributed by atoms with Crippen LogP contribution in [-0.2, 0) is 0 Å². The maximum Gasteiger partial charge on any atom is 0.121 e. The molecule has 104 valence electrons. The zero-order valence-electron chi connectivity index (χ0n) is 11.3. The van der Waals surface area contributed by atoms with Gasteiger partial charge in [-0.15, -0.1) is 0 Å². The van der Waals surface area contributed by atoms with Gasteiger partial charge >= 0.3 is 0 Å². The van der Waals surface area contributed by atoms with Crippen LogP contribution in [0.3, 0.4) is 0 Å². The minimum Gasteiger partial charge on any atom is -0.489 e. The molecule has 1 N–H and O–H groups in total. The molecule has 0 amide bonds. The van der Waals surface area contributed by atoms with Crippen molar-refractivity contribution in [1.29, 1.82) is 0 Å². The van der Waals surface area contributed by atoms with E-state index in [1.54, 1.807) is 0 Å². The second-order valence-corrected chi connectivity index (χ2v) is 5.64. The normalized spacial score (nSPS) is 22.4. The van der Waals surface area contributed by atoms with Crippen LogP contribution in [0.15, 0.2) is 54.6 Å². The molecule has 0 aromatic heterocycles. The van der Waals surface area contributed by atoms with Crippen molar-refractivity contribution in [2.45, 2.75) is 18.4 Å². The molecule has 20 heavy (non-hydrogen) atoms. The highest BCUT2D eigenvalue weighted by Crippen LogP contribution is 2.26. The number of halogens is 1. The molecule has 2 aromatic rings. The Morgan fingerprint density at radius 3 is 2.65 bits per heavy atom. The molecule has 2 nitrogen and oxygen atoms in total. The Morgan fingerprint density at radius 1 is 1.00 bits per heavy atom. The number of nitrogens with one attached hydrogen (secondary N) is 1. The molecule has 0 saturated carbocycles.